The van der Waals surface area contributed by atoms with Crippen LogP contribution < -0.4 is 19.9 Å². The van der Waals surface area contributed by atoms with Gasteiger partial charge in [-0.15, -0.1) is 0 Å². The molecule has 36 heavy (non-hydrogen) atoms. The molecule has 0 atom stereocenters. The smallest absolute Gasteiger partial charge is 0.295 e. The van der Waals surface area contributed by atoms with E-state index in [1.807, 2.05) is 6.07 Å². The van der Waals surface area contributed by atoms with Gasteiger partial charge in [-0.25, -0.2) is 0 Å². The summed E-state index contributed by atoms with van der Waals surface area (Å²) in [7, 11) is 3.09. The van der Waals surface area contributed by atoms with Gasteiger partial charge in [0, 0.05) is 41.9 Å². The molecule has 4 aromatic rings. The molecule has 1 saturated heterocycles. The zero-order chi connectivity index (χ0) is 25.2. The van der Waals surface area contributed by atoms with Gasteiger partial charge in [0.25, 0.3) is 11.2 Å². The molecule has 0 aliphatic carbocycles. The first-order chi connectivity index (χ1) is 17.5. The maximum absolute atomic E-state index is 13.6. The van der Waals surface area contributed by atoms with Crippen molar-refractivity contribution in [3.63, 3.8) is 0 Å². The van der Waals surface area contributed by atoms with Gasteiger partial charge in [0.15, 0.2) is 0 Å². The molecule has 1 aliphatic heterocycles. The quantitative estimate of drug-likeness (QED) is 0.298. The first-order valence-electron chi connectivity index (χ1n) is 11.4. The van der Waals surface area contributed by atoms with Gasteiger partial charge in [-0.2, -0.15) is 9.78 Å². The Morgan fingerprint density at radius 2 is 1.61 bits per heavy atom. The number of nitrogens with zero attached hydrogens (tertiary/aromatic N) is 4. The van der Waals surface area contributed by atoms with Crippen LogP contribution in [-0.4, -0.2) is 55.2 Å². The van der Waals surface area contributed by atoms with E-state index in [4.69, 9.17) is 14.2 Å². The molecule has 1 aliphatic rings. The van der Waals surface area contributed by atoms with E-state index in [2.05, 4.69) is 10.00 Å². The van der Waals surface area contributed by atoms with E-state index in [1.165, 1.54) is 6.07 Å². The Labute approximate surface area is 206 Å². The number of methoxy groups -OCH3 is 2. The summed E-state index contributed by atoms with van der Waals surface area (Å²) in [4.78, 5) is 27.2. The third-order valence-electron chi connectivity index (χ3n) is 6.19. The molecule has 184 valence electrons. The number of benzene rings is 3. The average Bonchev–Trinajstić information content (AvgIpc) is 2.93. The minimum Gasteiger partial charge on any atom is -0.497 e. The average molecular weight is 489 g/mol. The highest BCUT2D eigenvalue weighted by Crippen LogP contribution is 2.34. The lowest BCUT2D eigenvalue weighted by atomic mass is 10.0. The molecule has 0 N–H and O–H groups in total. The van der Waals surface area contributed by atoms with Crippen molar-refractivity contribution in [3.05, 3.63) is 81.1 Å². The summed E-state index contributed by atoms with van der Waals surface area (Å²) < 4.78 is 17.4. The van der Waals surface area contributed by atoms with Crippen molar-refractivity contribution < 1.29 is 19.1 Å². The van der Waals surface area contributed by atoms with Crippen LogP contribution in [0.4, 0.5) is 11.4 Å². The second-order valence-electron chi connectivity index (χ2n) is 8.24. The highest BCUT2D eigenvalue weighted by molar-refractivity contribution is 5.94. The fraction of sp³-hybridized carbons (Fsp3) is 0.231. The Morgan fingerprint density at radius 1 is 0.944 bits per heavy atom. The standard InChI is InChI=1S/C26H24N4O6/c1-34-19-13-17(14-20(16-19)35-2)25-21-5-3-4-6-22(21)26(31)29(27-25)24-15-18(7-8-23(24)30(32)33)28-9-11-36-12-10-28/h3-8,13-16H,9-12H2,1-2H3. The lowest BCUT2D eigenvalue weighted by molar-refractivity contribution is -0.384. The molecule has 10 nitrogen and oxygen atoms in total. The highest BCUT2D eigenvalue weighted by Gasteiger charge is 2.23. The zero-order valence-electron chi connectivity index (χ0n) is 19.8. The summed E-state index contributed by atoms with van der Waals surface area (Å²) in [6.45, 7) is 2.41. The number of morpholine rings is 1. The molecule has 5 rings (SSSR count). The van der Waals surface area contributed by atoms with E-state index in [-0.39, 0.29) is 11.4 Å². The SMILES string of the molecule is COc1cc(OC)cc(-c2nn(-c3cc(N4CCOCC4)ccc3[N+](=O)[O-])c(=O)c3ccccc23)c1. The number of hydrogen-bond acceptors (Lipinski definition) is 8. The summed E-state index contributed by atoms with van der Waals surface area (Å²) in [6.07, 6.45) is 0. The topological polar surface area (TPSA) is 109 Å². The molecule has 1 fully saturated rings. The van der Waals surface area contributed by atoms with Crippen LogP contribution >= 0.6 is 0 Å². The van der Waals surface area contributed by atoms with E-state index in [1.54, 1.807) is 62.8 Å². The first-order valence-corrected chi connectivity index (χ1v) is 11.4. The van der Waals surface area contributed by atoms with E-state index >= 15 is 0 Å². The minimum absolute atomic E-state index is 0.0934. The predicted molar refractivity (Wildman–Crippen MR) is 136 cm³/mol. The van der Waals surface area contributed by atoms with Gasteiger partial charge in [0.1, 0.15) is 17.2 Å². The normalized spacial score (nSPS) is 13.6. The maximum atomic E-state index is 13.6. The van der Waals surface area contributed by atoms with E-state index < -0.39 is 10.5 Å². The van der Waals surface area contributed by atoms with Crippen LogP contribution in [0.5, 0.6) is 11.5 Å². The molecule has 1 aromatic heterocycles. The van der Waals surface area contributed by atoms with E-state index in [0.29, 0.717) is 59.8 Å². The molecule has 0 unspecified atom stereocenters. The number of nitro benzene ring substituents is 1. The van der Waals surface area contributed by atoms with Gasteiger partial charge in [0.2, 0.25) is 0 Å². The van der Waals surface area contributed by atoms with E-state index in [9.17, 15) is 14.9 Å². The molecule has 0 radical (unpaired) electrons. The Bertz CT molecular complexity index is 1490. The summed E-state index contributed by atoms with van der Waals surface area (Å²) >= 11 is 0. The van der Waals surface area contributed by atoms with Crippen LogP contribution in [0.15, 0.2) is 65.5 Å². The predicted octanol–water partition coefficient (Wildman–Crippen LogP) is 3.81. The Morgan fingerprint density at radius 3 is 2.25 bits per heavy atom. The summed E-state index contributed by atoms with van der Waals surface area (Å²) in [6, 6.07) is 17.1. The number of rotatable bonds is 6. The van der Waals surface area contributed by atoms with Crippen LogP contribution in [0.25, 0.3) is 27.7 Å². The molecule has 2 heterocycles. The Hall–Kier alpha value is -4.44. The number of ether oxygens (including phenoxy) is 3. The molecule has 0 amide bonds. The summed E-state index contributed by atoms with van der Waals surface area (Å²) in [5, 5.41) is 17.6. The summed E-state index contributed by atoms with van der Waals surface area (Å²) in [5.41, 5.74) is 1.29. The lowest BCUT2D eigenvalue weighted by Crippen LogP contribution is -2.36. The van der Waals surface area contributed by atoms with Gasteiger partial charge >= 0.3 is 0 Å². The Balaban J connectivity index is 1.79. The number of hydrogen-bond donors (Lipinski definition) is 0. The van der Waals surface area contributed by atoms with Crippen molar-refractivity contribution in [3.8, 4) is 28.4 Å². The lowest BCUT2D eigenvalue weighted by Gasteiger charge is -2.29. The van der Waals surface area contributed by atoms with Gasteiger partial charge in [-0.05, 0) is 30.3 Å². The molecule has 10 heteroatoms. The van der Waals surface area contributed by atoms with Crippen molar-refractivity contribution in [1.82, 2.24) is 9.78 Å². The number of aromatic nitrogens is 2. The van der Waals surface area contributed by atoms with E-state index in [0.717, 1.165) is 10.4 Å². The second-order valence-corrected chi connectivity index (χ2v) is 8.24. The summed E-state index contributed by atoms with van der Waals surface area (Å²) in [5.74, 6) is 1.10. The molecule has 0 bridgehead atoms. The van der Waals surface area contributed by atoms with Crippen molar-refractivity contribution in [1.29, 1.82) is 0 Å². The molecule has 3 aromatic carbocycles. The first kappa shape index (κ1) is 23.3. The van der Waals surface area contributed by atoms with Crippen LogP contribution in [0, 0.1) is 10.1 Å². The number of anilines is 1. The Kier molecular flexibility index (Phi) is 6.26. The van der Waals surface area contributed by atoms with Gasteiger partial charge in [-0.3, -0.25) is 14.9 Å². The van der Waals surface area contributed by atoms with Crippen molar-refractivity contribution in [2.75, 3.05) is 45.4 Å². The van der Waals surface area contributed by atoms with Crippen LogP contribution in [0.3, 0.4) is 0 Å². The monoisotopic (exact) mass is 488 g/mol. The molecule has 0 spiro atoms. The third-order valence-corrected chi connectivity index (χ3v) is 6.19. The zero-order valence-corrected chi connectivity index (χ0v) is 19.8. The molecular weight excluding hydrogens is 464 g/mol. The van der Waals surface area contributed by atoms with Gasteiger partial charge < -0.3 is 19.1 Å². The van der Waals surface area contributed by atoms with Crippen LogP contribution in [-0.2, 0) is 4.74 Å². The van der Waals surface area contributed by atoms with Crippen LogP contribution in [0.2, 0.25) is 0 Å². The fourth-order valence-corrected chi connectivity index (χ4v) is 4.36. The number of fused-ring (bicyclic) bond motifs is 1. The van der Waals surface area contributed by atoms with Crippen molar-refractivity contribution in [2.45, 2.75) is 0 Å². The van der Waals surface area contributed by atoms with Gasteiger partial charge in [-0.1, -0.05) is 18.2 Å². The highest BCUT2D eigenvalue weighted by atomic mass is 16.6. The molecule has 0 saturated carbocycles. The van der Waals surface area contributed by atoms with Crippen molar-refractivity contribution >= 4 is 22.1 Å². The molecular formula is C26H24N4O6. The third kappa shape index (κ3) is 4.22. The largest absolute Gasteiger partial charge is 0.497 e. The van der Waals surface area contributed by atoms with Crippen LogP contribution in [0.1, 0.15) is 0 Å². The maximum Gasteiger partial charge on any atom is 0.295 e. The van der Waals surface area contributed by atoms with Gasteiger partial charge in [0.05, 0.1) is 43.4 Å². The fourth-order valence-electron chi connectivity index (χ4n) is 4.36. The van der Waals surface area contributed by atoms with Crippen molar-refractivity contribution in [2.24, 2.45) is 0 Å². The second kappa shape index (κ2) is 9.67. The number of nitro groups is 1. The minimum atomic E-state index is -0.504.